The normalized spacial score (nSPS) is 10.7. The van der Waals surface area contributed by atoms with E-state index < -0.39 is 18.6 Å². The molecule has 0 saturated heterocycles. The lowest BCUT2D eigenvalue weighted by Gasteiger charge is -2.22. The van der Waals surface area contributed by atoms with Crippen LogP contribution in [-0.4, -0.2) is 36.6 Å². The van der Waals surface area contributed by atoms with Crippen LogP contribution in [-0.2, 0) is 0 Å². The fourth-order valence-corrected chi connectivity index (χ4v) is 1.58. The minimum atomic E-state index is -4.40. The molecule has 1 aromatic carbocycles. The van der Waals surface area contributed by atoms with E-state index in [-0.39, 0.29) is 18.7 Å². The van der Waals surface area contributed by atoms with Crippen LogP contribution in [0.5, 0.6) is 0 Å². The maximum Gasteiger partial charge on any atom is 0.406 e. The molecule has 0 aliphatic carbocycles. The summed E-state index contributed by atoms with van der Waals surface area (Å²) in [7, 11) is 0. The maximum atomic E-state index is 12.3. The van der Waals surface area contributed by atoms with Crippen molar-refractivity contribution in [3.8, 4) is 11.8 Å². The molecule has 1 rings (SSSR count). The number of hydrogen-bond acceptors (Lipinski definition) is 2. The minimum absolute atomic E-state index is 0.00687. The van der Waals surface area contributed by atoms with Crippen molar-refractivity contribution in [1.29, 1.82) is 0 Å². The fourth-order valence-electron chi connectivity index (χ4n) is 1.58. The second kappa shape index (κ2) is 6.96. The van der Waals surface area contributed by atoms with Crippen molar-refractivity contribution >= 4 is 5.91 Å². The van der Waals surface area contributed by atoms with Crippen molar-refractivity contribution < 1.29 is 18.0 Å². The summed E-state index contributed by atoms with van der Waals surface area (Å²) in [5, 5.41) is 0. The summed E-state index contributed by atoms with van der Waals surface area (Å²) < 4.78 is 37.0. The Balaban J connectivity index is 2.85. The van der Waals surface area contributed by atoms with Gasteiger partial charge in [-0.2, -0.15) is 13.2 Å². The van der Waals surface area contributed by atoms with Crippen molar-refractivity contribution in [3.63, 3.8) is 0 Å². The number of carbonyl (C=O) groups is 1. The van der Waals surface area contributed by atoms with Gasteiger partial charge in [-0.25, -0.2) is 0 Å². The predicted molar refractivity (Wildman–Crippen MR) is 70.0 cm³/mol. The minimum Gasteiger partial charge on any atom is -0.330 e. The van der Waals surface area contributed by atoms with Gasteiger partial charge in [0.15, 0.2) is 0 Å². The predicted octanol–water partition coefficient (Wildman–Crippen LogP) is 2.02. The summed E-state index contributed by atoms with van der Waals surface area (Å²) in [6.45, 7) is 0.463. The molecule has 6 heteroatoms. The molecule has 0 aliphatic rings. The number of nitrogens with zero attached hydrogens (tertiary/aromatic N) is 1. The highest BCUT2D eigenvalue weighted by atomic mass is 19.4. The lowest BCUT2D eigenvalue weighted by molar-refractivity contribution is -0.140. The molecule has 0 aliphatic heterocycles. The lowest BCUT2D eigenvalue weighted by atomic mass is 10.1. The number of halogens is 3. The Bertz CT molecular complexity index is 512. The summed E-state index contributed by atoms with van der Waals surface area (Å²) in [5.74, 6) is 4.77. The van der Waals surface area contributed by atoms with Crippen LogP contribution in [0.25, 0.3) is 0 Å². The molecule has 0 aromatic heterocycles. The molecule has 0 atom stereocenters. The smallest absolute Gasteiger partial charge is 0.330 e. The first-order chi connectivity index (χ1) is 9.37. The molecule has 3 nitrogen and oxygen atoms in total. The van der Waals surface area contributed by atoms with Crippen molar-refractivity contribution in [1.82, 2.24) is 4.90 Å². The first-order valence-corrected chi connectivity index (χ1v) is 6.02. The van der Waals surface area contributed by atoms with Gasteiger partial charge in [0, 0.05) is 17.7 Å². The molecular formula is C14H15F3N2O. The van der Waals surface area contributed by atoms with Crippen molar-refractivity contribution in [2.75, 3.05) is 19.6 Å². The SMILES string of the molecule is CCN(CC(F)(F)F)C(=O)c1ccc(C#CCN)cc1. The van der Waals surface area contributed by atoms with E-state index >= 15 is 0 Å². The Morgan fingerprint density at radius 3 is 2.35 bits per heavy atom. The number of amides is 1. The largest absolute Gasteiger partial charge is 0.406 e. The van der Waals surface area contributed by atoms with Crippen molar-refractivity contribution in [2.45, 2.75) is 13.1 Å². The molecule has 2 N–H and O–H groups in total. The van der Waals surface area contributed by atoms with Crippen LogP contribution in [0.2, 0.25) is 0 Å². The Morgan fingerprint density at radius 1 is 1.30 bits per heavy atom. The molecule has 0 fully saturated rings. The van der Waals surface area contributed by atoms with Crippen LogP contribution in [0.4, 0.5) is 13.2 Å². The summed E-state index contributed by atoms with van der Waals surface area (Å²) in [6.07, 6.45) is -4.40. The number of carbonyl (C=O) groups excluding carboxylic acids is 1. The van der Waals surface area contributed by atoms with Gasteiger partial charge in [-0.15, -0.1) is 0 Å². The Hall–Kier alpha value is -2.00. The molecule has 1 aromatic rings. The first-order valence-electron chi connectivity index (χ1n) is 6.02. The highest BCUT2D eigenvalue weighted by molar-refractivity contribution is 5.94. The zero-order valence-corrected chi connectivity index (χ0v) is 11.0. The van der Waals surface area contributed by atoms with Crippen LogP contribution >= 0.6 is 0 Å². The quantitative estimate of drug-likeness (QED) is 0.863. The van der Waals surface area contributed by atoms with Crippen LogP contribution in [0, 0.1) is 11.8 Å². The summed E-state index contributed by atoms with van der Waals surface area (Å²) in [4.78, 5) is 12.7. The van der Waals surface area contributed by atoms with E-state index in [1.807, 2.05) is 0 Å². The zero-order valence-electron chi connectivity index (χ0n) is 11.0. The Morgan fingerprint density at radius 2 is 1.90 bits per heavy atom. The van der Waals surface area contributed by atoms with Gasteiger partial charge in [0.25, 0.3) is 5.91 Å². The number of alkyl halides is 3. The van der Waals surface area contributed by atoms with E-state index in [1.165, 1.54) is 19.1 Å². The average Bonchev–Trinajstić information content (AvgIpc) is 2.41. The van der Waals surface area contributed by atoms with Gasteiger partial charge in [-0.05, 0) is 31.2 Å². The van der Waals surface area contributed by atoms with E-state index in [1.54, 1.807) is 12.1 Å². The Labute approximate surface area is 115 Å². The third-order valence-electron chi connectivity index (χ3n) is 2.51. The fraction of sp³-hybridized carbons (Fsp3) is 0.357. The summed E-state index contributed by atoms with van der Waals surface area (Å²) in [5.41, 5.74) is 6.09. The van der Waals surface area contributed by atoms with Gasteiger partial charge in [-0.1, -0.05) is 11.8 Å². The highest BCUT2D eigenvalue weighted by Gasteiger charge is 2.32. The molecule has 0 saturated carbocycles. The third-order valence-corrected chi connectivity index (χ3v) is 2.51. The highest BCUT2D eigenvalue weighted by Crippen LogP contribution is 2.18. The second-order valence-corrected chi connectivity index (χ2v) is 4.02. The molecule has 20 heavy (non-hydrogen) atoms. The van der Waals surface area contributed by atoms with Crippen LogP contribution in [0.3, 0.4) is 0 Å². The average molecular weight is 284 g/mol. The Kier molecular flexibility index (Phi) is 5.59. The summed E-state index contributed by atoms with van der Waals surface area (Å²) in [6, 6.07) is 6.08. The zero-order chi connectivity index (χ0) is 15.2. The van der Waals surface area contributed by atoms with E-state index in [4.69, 9.17) is 5.73 Å². The molecule has 0 heterocycles. The summed E-state index contributed by atoms with van der Waals surface area (Å²) >= 11 is 0. The van der Waals surface area contributed by atoms with E-state index in [0.29, 0.717) is 5.56 Å². The molecule has 1 amide bonds. The van der Waals surface area contributed by atoms with Gasteiger partial charge in [0.2, 0.25) is 0 Å². The van der Waals surface area contributed by atoms with Crippen LogP contribution < -0.4 is 5.73 Å². The maximum absolute atomic E-state index is 12.3. The van der Waals surface area contributed by atoms with Crippen LogP contribution in [0.15, 0.2) is 24.3 Å². The van der Waals surface area contributed by atoms with Crippen molar-refractivity contribution in [3.05, 3.63) is 35.4 Å². The molecule has 0 bridgehead atoms. The topological polar surface area (TPSA) is 46.3 Å². The third kappa shape index (κ3) is 4.94. The second-order valence-electron chi connectivity index (χ2n) is 4.02. The van der Waals surface area contributed by atoms with Crippen molar-refractivity contribution in [2.24, 2.45) is 5.73 Å². The van der Waals surface area contributed by atoms with E-state index in [2.05, 4.69) is 11.8 Å². The standard InChI is InChI=1S/C14H15F3N2O/c1-2-19(10-14(15,16)17)13(20)12-7-5-11(6-8-12)4-3-9-18/h5-8H,2,9-10,18H2,1H3. The van der Waals surface area contributed by atoms with Gasteiger partial charge in [0.1, 0.15) is 6.54 Å². The number of nitrogens with two attached hydrogens (primary N) is 1. The number of hydrogen-bond donors (Lipinski definition) is 1. The van der Waals surface area contributed by atoms with Gasteiger partial charge < -0.3 is 10.6 Å². The van der Waals surface area contributed by atoms with Gasteiger partial charge >= 0.3 is 6.18 Å². The molecular weight excluding hydrogens is 269 g/mol. The lowest BCUT2D eigenvalue weighted by Crippen LogP contribution is -2.38. The van der Waals surface area contributed by atoms with Gasteiger partial charge in [0.05, 0.1) is 6.54 Å². The molecule has 108 valence electrons. The molecule has 0 radical (unpaired) electrons. The number of rotatable bonds is 3. The van der Waals surface area contributed by atoms with Gasteiger partial charge in [-0.3, -0.25) is 4.79 Å². The first kappa shape index (κ1) is 16.1. The number of benzene rings is 1. The van der Waals surface area contributed by atoms with Crippen LogP contribution in [0.1, 0.15) is 22.8 Å². The molecule has 0 spiro atoms. The monoisotopic (exact) mass is 284 g/mol. The van der Waals surface area contributed by atoms with E-state index in [9.17, 15) is 18.0 Å². The van der Waals surface area contributed by atoms with E-state index in [0.717, 1.165) is 4.90 Å². The molecule has 0 unspecified atom stereocenters.